The van der Waals surface area contributed by atoms with Crippen LogP contribution in [0.1, 0.15) is 44.9 Å². The van der Waals surface area contributed by atoms with E-state index in [-0.39, 0.29) is 0 Å². The molecule has 2 aliphatic rings. The van der Waals surface area contributed by atoms with Gasteiger partial charge < -0.3 is 0 Å². The Bertz CT molecular complexity index is 205. The molecule has 0 amide bonds. The van der Waals surface area contributed by atoms with Crippen molar-refractivity contribution in [2.24, 2.45) is 5.92 Å². The third-order valence-corrected chi connectivity index (χ3v) is 3.22. The van der Waals surface area contributed by atoms with Crippen molar-refractivity contribution in [2.75, 3.05) is 6.54 Å². The molecule has 1 heterocycles. The number of ketones is 1. The first-order valence-electron chi connectivity index (χ1n) is 5.89. The minimum Gasteiger partial charge on any atom is -0.299 e. The van der Waals surface area contributed by atoms with E-state index in [1.54, 1.807) is 0 Å². The SMILES string of the molecule is O=C1CCCCCCCNNC2CC12. The summed E-state index contributed by atoms with van der Waals surface area (Å²) in [6.07, 6.45) is 8.01. The highest BCUT2D eigenvalue weighted by atomic mass is 16.1. The van der Waals surface area contributed by atoms with Crippen LogP contribution in [0.5, 0.6) is 0 Å². The standard InChI is InChI=1S/C11H20N2O/c14-11-6-4-2-1-3-5-7-12-13-10-8-9(10)11/h9-10,12-13H,1-8H2. The van der Waals surface area contributed by atoms with Gasteiger partial charge in [0.25, 0.3) is 0 Å². The van der Waals surface area contributed by atoms with Gasteiger partial charge in [0.2, 0.25) is 0 Å². The predicted molar refractivity (Wildman–Crippen MR) is 55.7 cm³/mol. The van der Waals surface area contributed by atoms with E-state index in [0.29, 0.717) is 17.7 Å². The van der Waals surface area contributed by atoms with Crippen molar-refractivity contribution < 1.29 is 4.79 Å². The second-order valence-electron chi connectivity index (χ2n) is 4.50. The van der Waals surface area contributed by atoms with Crippen molar-refractivity contribution in [3.8, 4) is 0 Å². The summed E-state index contributed by atoms with van der Waals surface area (Å²) in [5, 5.41) is 0. The largest absolute Gasteiger partial charge is 0.299 e. The molecule has 14 heavy (non-hydrogen) atoms. The van der Waals surface area contributed by atoms with E-state index in [4.69, 9.17) is 0 Å². The molecule has 2 N–H and O–H groups in total. The van der Waals surface area contributed by atoms with Crippen molar-refractivity contribution in [2.45, 2.75) is 51.0 Å². The molecule has 1 saturated carbocycles. The number of nitrogens with one attached hydrogen (secondary N) is 2. The van der Waals surface area contributed by atoms with Gasteiger partial charge in [0, 0.05) is 24.9 Å². The lowest BCUT2D eigenvalue weighted by atomic mass is 10.1. The minimum absolute atomic E-state index is 0.321. The summed E-state index contributed by atoms with van der Waals surface area (Å²) in [6.45, 7) is 1.04. The molecule has 2 fully saturated rings. The first-order chi connectivity index (χ1) is 6.88. The number of fused-ring (bicyclic) bond motifs is 1. The van der Waals surface area contributed by atoms with Crippen LogP contribution in [0.2, 0.25) is 0 Å². The Balaban J connectivity index is 1.76. The molecule has 1 aliphatic carbocycles. The van der Waals surface area contributed by atoms with Crippen molar-refractivity contribution >= 4 is 5.78 Å². The Labute approximate surface area is 85.6 Å². The fourth-order valence-electron chi connectivity index (χ4n) is 2.14. The highest BCUT2D eigenvalue weighted by Gasteiger charge is 2.41. The Morgan fingerprint density at radius 2 is 1.86 bits per heavy atom. The van der Waals surface area contributed by atoms with Gasteiger partial charge in [-0.05, 0) is 19.3 Å². The van der Waals surface area contributed by atoms with Gasteiger partial charge in [-0.25, -0.2) is 0 Å². The second-order valence-corrected chi connectivity index (χ2v) is 4.50. The molecule has 0 aromatic carbocycles. The molecule has 2 atom stereocenters. The van der Waals surface area contributed by atoms with Crippen molar-refractivity contribution in [1.82, 2.24) is 10.9 Å². The summed E-state index contributed by atoms with van der Waals surface area (Å²) < 4.78 is 0. The fraction of sp³-hybridized carbons (Fsp3) is 0.909. The Morgan fingerprint density at radius 3 is 2.79 bits per heavy atom. The van der Waals surface area contributed by atoms with Gasteiger partial charge >= 0.3 is 0 Å². The monoisotopic (exact) mass is 196 g/mol. The maximum absolute atomic E-state index is 11.6. The number of Topliss-reactive ketones (excluding diaryl/α,β-unsaturated/α-hetero) is 1. The number of hydrogen-bond acceptors (Lipinski definition) is 3. The lowest BCUT2D eigenvalue weighted by Gasteiger charge is -2.08. The molecule has 0 aromatic heterocycles. The number of hydrogen-bond donors (Lipinski definition) is 2. The van der Waals surface area contributed by atoms with E-state index in [9.17, 15) is 4.79 Å². The van der Waals surface area contributed by atoms with Crippen LogP contribution in [0, 0.1) is 5.92 Å². The third-order valence-electron chi connectivity index (χ3n) is 3.22. The summed E-state index contributed by atoms with van der Waals surface area (Å²) in [6, 6.07) is 0.432. The van der Waals surface area contributed by atoms with Crippen molar-refractivity contribution in [3.05, 3.63) is 0 Å². The first-order valence-corrected chi connectivity index (χ1v) is 5.89. The third kappa shape index (κ3) is 2.79. The predicted octanol–water partition coefficient (Wildman–Crippen LogP) is 1.39. The zero-order valence-corrected chi connectivity index (χ0v) is 8.72. The van der Waals surface area contributed by atoms with Gasteiger partial charge in [-0.15, -0.1) is 0 Å². The molecule has 0 radical (unpaired) electrons. The van der Waals surface area contributed by atoms with E-state index in [1.165, 1.54) is 25.7 Å². The number of carbonyl (C=O) groups is 1. The molecule has 2 unspecified atom stereocenters. The van der Waals surface area contributed by atoms with Gasteiger partial charge in [0.05, 0.1) is 0 Å². The first kappa shape index (κ1) is 10.1. The molecule has 0 bridgehead atoms. The van der Waals surface area contributed by atoms with Crippen LogP contribution >= 0.6 is 0 Å². The van der Waals surface area contributed by atoms with Crippen LogP contribution in [0.15, 0.2) is 0 Å². The maximum atomic E-state index is 11.6. The summed E-state index contributed by atoms with van der Waals surface area (Å²) in [5.41, 5.74) is 6.45. The Hall–Kier alpha value is -0.410. The molecule has 1 aliphatic heterocycles. The summed E-state index contributed by atoms with van der Waals surface area (Å²) in [7, 11) is 0. The average molecular weight is 196 g/mol. The van der Waals surface area contributed by atoms with Crippen molar-refractivity contribution in [1.29, 1.82) is 0 Å². The lowest BCUT2D eigenvalue weighted by molar-refractivity contribution is -0.120. The Kier molecular flexibility index (Phi) is 3.54. The molecule has 3 nitrogen and oxygen atoms in total. The molecule has 0 aromatic rings. The minimum atomic E-state index is 0.321. The van der Waals surface area contributed by atoms with Gasteiger partial charge in [-0.3, -0.25) is 15.6 Å². The zero-order valence-electron chi connectivity index (χ0n) is 8.72. The normalized spacial score (nSPS) is 35.3. The summed E-state index contributed by atoms with van der Waals surface area (Å²) >= 11 is 0. The van der Waals surface area contributed by atoms with E-state index in [2.05, 4.69) is 10.9 Å². The lowest BCUT2D eigenvalue weighted by Crippen LogP contribution is -2.36. The maximum Gasteiger partial charge on any atom is 0.137 e. The molecule has 2 rings (SSSR count). The second kappa shape index (κ2) is 4.89. The molecule has 3 heteroatoms. The molecular weight excluding hydrogens is 176 g/mol. The fourth-order valence-corrected chi connectivity index (χ4v) is 2.14. The smallest absolute Gasteiger partial charge is 0.137 e. The van der Waals surface area contributed by atoms with Crippen LogP contribution in [-0.2, 0) is 4.79 Å². The van der Waals surface area contributed by atoms with Crippen LogP contribution < -0.4 is 10.9 Å². The number of carbonyl (C=O) groups excluding carboxylic acids is 1. The average Bonchev–Trinajstić information content (AvgIpc) is 2.92. The van der Waals surface area contributed by atoms with E-state index >= 15 is 0 Å². The molecule has 0 spiro atoms. The van der Waals surface area contributed by atoms with Gasteiger partial charge in [-0.1, -0.05) is 19.3 Å². The van der Waals surface area contributed by atoms with Crippen molar-refractivity contribution in [3.63, 3.8) is 0 Å². The van der Waals surface area contributed by atoms with E-state index in [0.717, 1.165) is 25.8 Å². The quantitative estimate of drug-likeness (QED) is 0.615. The van der Waals surface area contributed by atoms with Gasteiger partial charge in [0.15, 0.2) is 0 Å². The Morgan fingerprint density at radius 1 is 1.07 bits per heavy atom. The highest BCUT2D eigenvalue weighted by Crippen LogP contribution is 2.32. The zero-order chi connectivity index (χ0) is 9.80. The topological polar surface area (TPSA) is 41.1 Å². The van der Waals surface area contributed by atoms with Crippen LogP contribution in [0.3, 0.4) is 0 Å². The van der Waals surface area contributed by atoms with Gasteiger partial charge in [-0.2, -0.15) is 0 Å². The van der Waals surface area contributed by atoms with Crippen LogP contribution in [-0.4, -0.2) is 18.4 Å². The number of rotatable bonds is 0. The highest BCUT2D eigenvalue weighted by molar-refractivity contribution is 5.84. The van der Waals surface area contributed by atoms with Crippen LogP contribution in [0.4, 0.5) is 0 Å². The van der Waals surface area contributed by atoms with Crippen LogP contribution in [0.25, 0.3) is 0 Å². The molecule has 80 valence electrons. The van der Waals surface area contributed by atoms with E-state index in [1.807, 2.05) is 0 Å². The van der Waals surface area contributed by atoms with Gasteiger partial charge in [0.1, 0.15) is 5.78 Å². The van der Waals surface area contributed by atoms with E-state index < -0.39 is 0 Å². The number of hydrazine groups is 1. The molecular formula is C11H20N2O. The summed E-state index contributed by atoms with van der Waals surface area (Å²) in [5.74, 6) is 0.798. The summed E-state index contributed by atoms with van der Waals surface area (Å²) in [4.78, 5) is 11.6. The molecule has 1 saturated heterocycles.